The standard InChI is InChI=1S/C12H26N2/c1-3-4-8-13-12(2)11-14-9-6-5-7-10-14/h12-13H,3-11H2,1-2H3. The molecule has 1 heterocycles. The molecule has 1 unspecified atom stereocenters. The van der Waals surface area contributed by atoms with Crippen LogP contribution in [0.5, 0.6) is 0 Å². The van der Waals surface area contributed by atoms with Crippen molar-refractivity contribution in [3.63, 3.8) is 0 Å². The van der Waals surface area contributed by atoms with Crippen LogP contribution >= 0.6 is 0 Å². The lowest BCUT2D eigenvalue weighted by Gasteiger charge is -2.29. The second kappa shape index (κ2) is 7.24. The molecule has 0 radical (unpaired) electrons. The molecule has 14 heavy (non-hydrogen) atoms. The Balaban J connectivity index is 2.03. The molecule has 0 saturated carbocycles. The Labute approximate surface area is 89.1 Å². The molecule has 2 heteroatoms. The molecule has 0 amide bonds. The van der Waals surface area contributed by atoms with Crippen molar-refractivity contribution in [2.45, 2.75) is 52.0 Å². The Morgan fingerprint density at radius 3 is 2.57 bits per heavy atom. The van der Waals surface area contributed by atoms with Crippen LogP contribution in [0.1, 0.15) is 46.0 Å². The molecule has 0 aromatic carbocycles. The number of hydrogen-bond donors (Lipinski definition) is 1. The van der Waals surface area contributed by atoms with Gasteiger partial charge in [-0.15, -0.1) is 0 Å². The minimum absolute atomic E-state index is 0.666. The van der Waals surface area contributed by atoms with Crippen molar-refractivity contribution in [2.75, 3.05) is 26.2 Å². The van der Waals surface area contributed by atoms with Crippen LogP contribution in [-0.2, 0) is 0 Å². The van der Waals surface area contributed by atoms with Gasteiger partial charge in [-0.2, -0.15) is 0 Å². The van der Waals surface area contributed by atoms with E-state index in [-0.39, 0.29) is 0 Å². The first-order valence-electron chi connectivity index (χ1n) is 6.28. The molecule has 1 N–H and O–H groups in total. The summed E-state index contributed by atoms with van der Waals surface area (Å²) in [6, 6.07) is 0.666. The van der Waals surface area contributed by atoms with Crippen LogP contribution in [-0.4, -0.2) is 37.1 Å². The average Bonchev–Trinajstić information content (AvgIpc) is 2.20. The topological polar surface area (TPSA) is 15.3 Å². The van der Waals surface area contributed by atoms with Gasteiger partial charge in [-0.3, -0.25) is 0 Å². The van der Waals surface area contributed by atoms with Gasteiger partial charge in [0, 0.05) is 12.6 Å². The van der Waals surface area contributed by atoms with Crippen LogP contribution in [0.3, 0.4) is 0 Å². The quantitative estimate of drug-likeness (QED) is 0.659. The van der Waals surface area contributed by atoms with E-state index in [2.05, 4.69) is 24.1 Å². The number of nitrogens with zero attached hydrogens (tertiary/aromatic N) is 1. The second-order valence-electron chi connectivity index (χ2n) is 4.57. The lowest BCUT2D eigenvalue weighted by atomic mass is 10.1. The average molecular weight is 198 g/mol. The van der Waals surface area contributed by atoms with Crippen molar-refractivity contribution in [3.05, 3.63) is 0 Å². The van der Waals surface area contributed by atoms with Gasteiger partial charge in [-0.1, -0.05) is 19.8 Å². The molecule has 1 aliphatic heterocycles. The van der Waals surface area contributed by atoms with Crippen LogP contribution < -0.4 is 5.32 Å². The van der Waals surface area contributed by atoms with E-state index in [9.17, 15) is 0 Å². The van der Waals surface area contributed by atoms with Gasteiger partial charge in [0.15, 0.2) is 0 Å². The number of hydrogen-bond acceptors (Lipinski definition) is 2. The fourth-order valence-electron chi connectivity index (χ4n) is 2.12. The summed E-state index contributed by atoms with van der Waals surface area (Å²) in [7, 11) is 0. The smallest absolute Gasteiger partial charge is 0.0166 e. The van der Waals surface area contributed by atoms with Crippen molar-refractivity contribution in [2.24, 2.45) is 0 Å². The third kappa shape index (κ3) is 4.97. The molecule has 1 fully saturated rings. The molecule has 0 aromatic heterocycles. The molecular weight excluding hydrogens is 172 g/mol. The molecule has 0 aromatic rings. The van der Waals surface area contributed by atoms with Gasteiger partial charge in [-0.25, -0.2) is 0 Å². The number of rotatable bonds is 6. The lowest BCUT2D eigenvalue weighted by Crippen LogP contribution is -2.41. The first-order chi connectivity index (χ1) is 6.83. The van der Waals surface area contributed by atoms with E-state index < -0.39 is 0 Å². The van der Waals surface area contributed by atoms with Gasteiger partial charge in [0.05, 0.1) is 0 Å². The molecule has 84 valence electrons. The summed E-state index contributed by atoms with van der Waals surface area (Å²) in [5, 5.41) is 3.59. The maximum Gasteiger partial charge on any atom is 0.0166 e. The molecular formula is C12H26N2. The van der Waals surface area contributed by atoms with Crippen molar-refractivity contribution in [3.8, 4) is 0 Å². The summed E-state index contributed by atoms with van der Waals surface area (Å²) < 4.78 is 0. The third-order valence-electron chi connectivity index (χ3n) is 3.00. The maximum atomic E-state index is 3.59. The highest BCUT2D eigenvalue weighted by Crippen LogP contribution is 2.08. The van der Waals surface area contributed by atoms with Crippen LogP contribution in [0, 0.1) is 0 Å². The van der Waals surface area contributed by atoms with Gasteiger partial charge in [0.1, 0.15) is 0 Å². The van der Waals surface area contributed by atoms with Crippen LogP contribution in [0.4, 0.5) is 0 Å². The minimum atomic E-state index is 0.666. The maximum absolute atomic E-state index is 3.59. The molecule has 0 spiro atoms. The van der Waals surface area contributed by atoms with Gasteiger partial charge < -0.3 is 10.2 Å². The van der Waals surface area contributed by atoms with E-state index >= 15 is 0 Å². The normalized spacial score (nSPS) is 21.0. The Kier molecular flexibility index (Phi) is 6.20. The minimum Gasteiger partial charge on any atom is -0.313 e. The van der Waals surface area contributed by atoms with E-state index in [1.54, 1.807) is 0 Å². The van der Waals surface area contributed by atoms with Crippen molar-refractivity contribution < 1.29 is 0 Å². The highest BCUT2D eigenvalue weighted by molar-refractivity contribution is 4.70. The Hall–Kier alpha value is -0.0800. The number of piperidine rings is 1. The summed E-state index contributed by atoms with van der Waals surface area (Å²) in [5.74, 6) is 0. The van der Waals surface area contributed by atoms with E-state index in [0.717, 1.165) is 0 Å². The number of likely N-dealkylation sites (tertiary alicyclic amines) is 1. The van der Waals surface area contributed by atoms with Crippen molar-refractivity contribution >= 4 is 0 Å². The van der Waals surface area contributed by atoms with Gasteiger partial charge in [-0.05, 0) is 45.8 Å². The SMILES string of the molecule is CCCCNC(C)CN1CCCCC1. The fourth-order valence-corrected chi connectivity index (χ4v) is 2.12. The zero-order valence-corrected chi connectivity index (χ0v) is 9.89. The van der Waals surface area contributed by atoms with Gasteiger partial charge in [0.25, 0.3) is 0 Å². The fraction of sp³-hybridized carbons (Fsp3) is 1.00. The molecule has 1 rings (SSSR count). The van der Waals surface area contributed by atoms with E-state index in [0.29, 0.717) is 6.04 Å². The predicted octanol–water partition coefficient (Wildman–Crippen LogP) is 2.25. The van der Waals surface area contributed by atoms with Crippen LogP contribution in [0.25, 0.3) is 0 Å². The molecule has 0 bridgehead atoms. The molecule has 0 aliphatic carbocycles. The molecule has 1 atom stereocenters. The van der Waals surface area contributed by atoms with Crippen molar-refractivity contribution in [1.82, 2.24) is 10.2 Å². The zero-order valence-electron chi connectivity index (χ0n) is 9.89. The largest absolute Gasteiger partial charge is 0.313 e. The summed E-state index contributed by atoms with van der Waals surface area (Å²) in [5.41, 5.74) is 0. The van der Waals surface area contributed by atoms with Crippen LogP contribution in [0.2, 0.25) is 0 Å². The third-order valence-corrected chi connectivity index (χ3v) is 3.00. The summed E-state index contributed by atoms with van der Waals surface area (Å²) in [6.07, 6.45) is 6.85. The number of nitrogens with one attached hydrogen (secondary N) is 1. The van der Waals surface area contributed by atoms with Gasteiger partial charge >= 0.3 is 0 Å². The first-order valence-corrected chi connectivity index (χ1v) is 6.28. The predicted molar refractivity (Wildman–Crippen MR) is 62.7 cm³/mol. The molecule has 2 nitrogen and oxygen atoms in total. The Morgan fingerprint density at radius 1 is 1.21 bits per heavy atom. The summed E-state index contributed by atoms with van der Waals surface area (Å²) in [4.78, 5) is 2.60. The summed E-state index contributed by atoms with van der Waals surface area (Å²) >= 11 is 0. The molecule has 1 saturated heterocycles. The monoisotopic (exact) mass is 198 g/mol. The van der Waals surface area contributed by atoms with E-state index in [1.165, 1.54) is 58.3 Å². The van der Waals surface area contributed by atoms with Crippen LogP contribution in [0.15, 0.2) is 0 Å². The lowest BCUT2D eigenvalue weighted by molar-refractivity contribution is 0.209. The zero-order chi connectivity index (χ0) is 10.2. The highest BCUT2D eigenvalue weighted by atomic mass is 15.1. The second-order valence-corrected chi connectivity index (χ2v) is 4.57. The number of unbranched alkanes of at least 4 members (excludes halogenated alkanes) is 1. The molecule has 1 aliphatic rings. The highest BCUT2D eigenvalue weighted by Gasteiger charge is 2.12. The summed E-state index contributed by atoms with van der Waals surface area (Å²) in [6.45, 7) is 9.62. The first kappa shape index (κ1) is 12.0. The van der Waals surface area contributed by atoms with E-state index in [4.69, 9.17) is 0 Å². The van der Waals surface area contributed by atoms with Crippen molar-refractivity contribution in [1.29, 1.82) is 0 Å². The van der Waals surface area contributed by atoms with E-state index in [1.807, 2.05) is 0 Å². The Bertz CT molecular complexity index is 130. The van der Waals surface area contributed by atoms with Gasteiger partial charge in [0.2, 0.25) is 0 Å². The Morgan fingerprint density at radius 2 is 1.93 bits per heavy atom.